The minimum atomic E-state index is -0.927. The second-order valence-electron chi connectivity index (χ2n) is 8.27. The second-order valence-corrected chi connectivity index (χ2v) is 8.27. The highest BCUT2D eigenvalue weighted by molar-refractivity contribution is 5.92. The summed E-state index contributed by atoms with van der Waals surface area (Å²) in [5.74, 6) is -0.104. The standard InChI is InChI=1S/C26H27N3O6/c1-17-8-10-18(11-9-17)15-29-23(25(31)27-14-21-7-4-12-34-21)24(35-26(29)32)19-5-3-6-20(13-19)28-22(30)16-33-2/h3-13,23-24H,14-16H2,1-2H3,(H,27,31)(H,28,30)/t23-,24-/m0/s1. The number of methoxy groups -OCH3 is 1. The smallest absolute Gasteiger partial charge is 0.411 e. The number of carbonyl (C=O) groups is 3. The van der Waals surface area contributed by atoms with Gasteiger partial charge in [-0.1, -0.05) is 42.0 Å². The predicted octanol–water partition coefficient (Wildman–Crippen LogP) is 3.55. The number of furan rings is 1. The van der Waals surface area contributed by atoms with Gasteiger partial charge < -0.3 is 24.5 Å². The van der Waals surface area contributed by atoms with Crippen LogP contribution in [0.25, 0.3) is 0 Å². The van der Waals surface area contributed by atoms with E-state index >= 15 is 0 Å². The molecule has 0 spiro atoms. The Morgan fingerprint density at radius 1 is 1.09 bits per heavy atom. The van der Waals surface area contributed by atoms with Gasteiger partial charge in [-0.15, -0.1) is 0 Å². The lowest BCUT2D eigenvalue weighted by Gasteiger charge is -2.24. The number of benzene rings is 2. The van der Waals surface area contributed by atoms with Gasteiger partial charge in [-0.3, -0.25) is 14.5 Å². The van der Waals surface area contributed by atoms with Gasteiger partial charge in [-0.2, -0.15) is 0 Å². The number of amides is 3. The molecule has 1 aromatic heterocycles. The van der Waals surface area contributed by atoms with Crippen molar-refractivity contribution in [3.8, 4) is 0 Å². The molecule has 1 aliphatic rings. The number of hydrogen-bond donors (Lipinski definition) is 2. The molecule has 182 valence electrons. The number of nitrogens with zero attached hydrogens (tertiary/aromatic N) is 1. The summed E-state index contributed by atoms with van der Waals surface area (Å²) in [6.45, 7) is 2.27. The van der Waals surface area contributed by atoms with Crippen molar-refractivity contribution in [1.82, 2.24) is 10.2 Å². The summed E-state index contributed by atoms with van der Waals surface area (Å²) >= 11 is 0. The van der Waals surface area contributed by atoms with Crippen molar-refractivity contribution in [1.29, 1.82) is 0 Å². The minimum absolute atomic E-state index is 0.0925. The second kappa shape index (κ2) is 10.9. The van der Waals surface area contributed by atoms with E-state index in [0.29, 0.717) is 17.0 Å². The molecule has 2 N–H and O–H groups in total. The average molecular weight is 478 g/mol. The van der Waals surface area contributed by atoms with E-state index in [0.717, 1.165) is 11.1 Å². The Morgan fingerprint density at radius 3 is 2.60 bits per heavy atom. The first-order valence-corrected chi connectivity index (χ1v) is 11.2. The van der Waals surface area contributed by atoms with Crippen LogP contribution in [0.4, 0.5) is 10.5 Å². The molecule has 2 aromatic carbocycles. The first kappa shape index (κ1) is 24.0. The quantitative estimate of drug-likeness (QED) is 0.488. The molecule has 3 aromatic rings. The van der Waals surface area contributed by atoms with Crippen LogP contribution in [0.2, 0.25) is 0 Å². The van der Waals surface area contributed by atoms with Gasteiger partial charge >= 0.3 is 6.09 Å². The molecule has 9 nitrogen and oxygen atoms in total. The monoisotopic (exact) mass is 477 g/mol. The van der Waals surface area contributed by atoms with Gasteiger partial charge in [0.15, 0.2) is 12.1 Å². The summed E-state index contributed by atoms with van der Waals surface area (Å²) in [5.41, 5.74) is 3.05. The molecule has 0 unspecified atom stereocenters. The highest BCUT2D eigenvalue weighted by Crippen LogP contribution is 2.35. The highest BCUT2D eigenvalue weighted by atomic mass is 16.6. The number of nitrogens with one attached hydrogen (secondary N) is 2. The topological polar surface area (TPSA) is 110 Å². The molecular formula is C26H27N3O6. The third kappa shape index (κ3) is 5.88. The van der Waals surface area contributed by atoms with Gasteiger partial charge in [0.2, 0.25) is 11.8 Å². The van der Waals surface area contributed by atoms with Crippen LogP contribution in [0, 0.1) is 6.92 Å². The molecule has 1 aliphatic heterocycles. The van der Waals surface area contributed by atoms with E-state index in [1.807, 2.05) is 31.2 Å². The van der Waals surface area contributed by atoms with E-state index in [1.165, 1.54) is 18.3 Å². The van der Waals surface area contributed by atoms with Crippen molar-refractivity contribution in [2.45, 2.75) is 32.2 Å². The number of carbonyl (C=O) groups excluding carboxylic acids is 3. The van der Waals surface area contributed by atoms with E-state index in [1.54, 1.807) is 36.4 Å². The number of cyclic esters (lactones) is 1. The van der Waals surface area contributed by atoms with Gasteiger partial charge in [0.25, 0.3) is 0 Å². The Bertz CT molecular complexity index is 1180. The zero-order valence-electron chi connectivity index (χ0n) is 19.5. The zero-order valence-corrected chi connectivity index (χ0v) is 19.5. The Labute approximate surface area is 203 Å². The molecule has 0 saturated carbocycles. The lowest BCUT2D eigenvalue weighted by Crippen LogP contribution is -2.46. The van der Waals surface area contributed by atoms with Crippen LogP contribution in [-0.2, 0) is 32.2 Å². The van der Waals surface area contributed by atoms with Crippen LogP contribution in [0.3, 0.4) is 0 Å². The van der Waals surface area contributed by atoms with Crippen molar-refractivity contribution in [2.75, 3.05) is 19.0 Å². The van der Waals surface area contributed by atoms with Gasteiger partial charge in [-0.05, 0) is 42.3 Å². The van der Waals surface area contributed by atoms with Gasteiger partial charge in [-0.25, -0.2) is 4.79 Å². The first-order valence-electron chi connectivity index (χ1n) is 11.2. The lowest BCUT2D eigenvalue weighted by atomic mass is 10.00. The number of rotatable bonds is 9. The highest BCUT2D eigenvalue weighted by Gasteiger charge is 2.47. The lowest BCUT2D eigenvalue weighted by molar-refractivity contribution is -0.126. The maximum absolute atomic E-state index is 13.4. The fraction of sp³-hybridized carbons (Fsp3) is 0.269. The Hall–Kier alpha value is -4.11. The Morgan fingerprint density at radius 2 is 1.89 bits per heavy atom. The molecule has 0 bridgehead atoms. The van der Waals surface area contributed by atoms with Crippen LogP contribution in [0.5, 0.6) is 0 Å². The first-order chi connectivity index (χ1) is 16.9. The number of aryl methyl sites for hydroxylation is 1. The van der Waals surface area contributed by atoms with Crippen LogP contribution in [0.1, 0.15) is 28.6 Å². The van der Waals surface area contributed by atoms with E-state index in [9.17, 15) is 14.4 Å². The Balaban J connectivity index is 1.60. The molecule has 0 aliphatic carbocycles. The maximum atomic E-state index is 13.4. The minimum Gasteiger partial charge on any atom is -0.467 e. The SMILES string of the molecule is COCC(=O)Nc1cccc([C@@H]2OC(=O)N(Cc3ccc(C)cc3)[C@@H]2C(=O)NCc2ccco2)c1. The molecule has 0 radical (unpaired) electrons. The average Bonchev–Trinajstić information content (AvgIpc) is 3.47. The molecule has 35 heavy (non-hydrogen) atoms. The molecule has 9 heteroatoms. The molecule has 1 fully saturated rings. The van der Waals surface area contributed by atoms with Crippen LogP contribution in [0.15, 0.2) is 71.3 Å². The van der Waals surface area contributed by atoms with E-state index in [4.69, 9.17) is 13.9 Å². The van der Waals surface area contributed by atoms with E-state index in [2.05, 4.69) is 10.6 Å². The third-order valence-electron chi connectivity index (χ3n) is 5.62. The van der Waals surface area contributed by atoms with Gasteiger partial charge in [0.1, 0.15) is 12.4 Å². The van der Waals surface area contributed by atoms with Crippen molar-refractivity contribution in [2.24, 2.45) is 0 Å². The van der Waals surface area contributed by atoms with Crippen LogP contribution in [-0.4, -0.2) is 42.6 Å². The van der Waals surface area contributed by atoms with Crippen molar-refractivity contribution in [3.05, 3.63) is 89.4 Å². The van der Waals surface area contributed by atoms with Crippen molar-refractivity contribution < 1.29 is 28.3 Å². The largest absolute Gasteiger partial charge is 0.467 e. The summed E-state index contributed by atoms with van der Waals surface area (Å²) in [7, 11) is 1.43. The maximum Gasteiger partial charge on any atom is 0.411 e. The molecule has 3 amide bonds. The van der Waals surface area contributed by atoms with E-state index in [-0.39, 0.29) is 31.5 Å². The molecule has 4 rings (SSSR count). The summed E-state index contributed by atoms with van der Waals surface area (Å²) in [6, 6.07) is 17.2. The number of ether oxygens (including phenoxy) is 2. The molecule has 1 saturated heterocycles. The summed E-state index contributed by atoms with van der Waals surface area (Å²) in [6.07, 6.45) is 0.0610. The van der Waals surface area contributed by atoms with Gasteiger partial charge in [0, 0.05) is 12.8 Å². The summed E-state index contributed by atoms with van der Waals surface area (Å²) in [4.78, 5) is 39.7. The fourth-order valence-electron chi connectivity index (χ4n) is 3.91. The Kier molecular flexibility index (Phi) is 7.47. The van der Waals surface area contributed by atoms with Crippen LogP contribution < -0.4 is 10.6 Å². The number of anilines is 1. The van der Waals surface area contributed by atoms with Crippen LogP contribution >= 0.6 is 0 Å². The third-order valence-corrected chi connectivity index (χ3v) is 5.62. The zero-order chi connectivity index (χ0) is 24.8. The number of hydrogen-bond acceptors (Lipinski definition) is 6. The molecular weight excluding hydrogens is 450 g/mol. The predicted molar refractivity (Wildman–Crippen MR) is 127 cm³/mol. The molecule has 2 heterocycles. The fourth-order valence-corrected chi connectivity index (χ4v) is 3.91. The van der Waals surface area contributed by atoms with Crippen molar-refractivity contribution in [3.63, 3.8) is 0 Å². The summed E-state index contributed by atoms with van der Waals surface area (Å²) < 4.78 is 15.9. The summed E-state index contributed by atoms with van der Waals surface area (Å²) in [5, 5.41) is 5.57. The normalized spacial score (nSPS) is 17.2. The van der Waals surface area contributed by atoms with E-state index < -0.39 is 18.2 Å². The van der Waals surface area contributed by atoms with Crippen molar-refractivity contribution >= 4 is 23.6 Å². The molecule has 2 atom stereocenters. The van der Waals surface area contributed by atoms with Gasteiger partial charge in [0.05, 0.1) is 19.4 Å².